The number of rotatable bonds is 2. The van der Waals surface area contributed by atoms with E-state index in [0.717, 1.165) is 17.9 Å². The van der Waals surface area contributed by atoms with Crippen LogP contribution in [0.5, 0.6) is 0 Å². The largest absolute Gasteiger partial charge is 0.416 e. The molecule has 1 unspecified atom stereocenters. The maximum atomic E-state index is 12.7. The fraction of sp³-hybridized carbons (Fsp3) is 0.462. The molecular weight excluding hydrogens is 309 g/mol. The number of halogens is 4. The first-order valence-electron chi connectivity index (χ1n) is 6.11. The molecule has 2 rings (SSSR count). The molecule has 1 aromatic carbocycles. The van der Waals surface area contributed by atoms with Crippen LogP contribution in [0.15, 0.2) is 23.2 Å². The Labute approximate surface area is 124 Å². The second kappa shape index (κ2) is 5.85. The number of nitrogens with zero attached hydrogens (tertiary/aromatic N) is 1. The number of anilines is 1. The lowest BCUT2D eigenvalue weighted by molar-refractivity contribution is -0.137. The highest BCUT2D eigenvalue weighted by Gasteiger charge is 2.31. The number of hydrogen-bond acceptors (Lipinski definition) is 3. The van der Waals surface area contributed by atoms with Gasteiger partial charge in [-0.25, -0.2) is 0 Å². The summed E-state index contributed by atoms with van der Waals surface area (Å²) in [6.07, 6.45) is -4.41. The predicted octanol–water partition coefficient (Wildman–Crippen LogP) is 4.90. The van der Waals surface area contributed by atoms with Gasteiger partial charge in [-0.3, -0.25) is 4.99 Å². The molecule has 1 N–H and O–H groups in total. The molecule has 0 bridgehead atoms. The lowest BCUT2D eigenvalue weighted by atomic mass is 10.1. The first-order chi connectivity index (χ1) is 9.25. The number of thioether (sulfide) groups is 1. The van der Waals surface area contributed by atoms with E-state index in [1.165, 1.54) is 17.8 Å². The summed E-state index contributed by atoms with van der Waals surface area (Å²) >= 11 is 7.24. The summed E-state index contributed by atoms with van der Waals surface area (Å²) in [5.41, 5.74) is -0.461. The predicted molar refractivity (Wildman–Crippen MR) is 78.6 cm³/mol. The summed E-state index contributed by atoms with van der Waals surface area (Å²) in [5, 5.41) is 3.59. The minimum atomic E-state index is -4.41. The van der Waals surface area contributed by atoms with E-state index in [-0.39, 0.29) is 11.1 Å². The molecule has 0 saturated heterocycles. The third-order valence-corrected chi connectivity index (χ3v) is 4.13. The van der Waals surface area contributed by atoms with Crippen LogP contribution in [0.4, 0.5) is 18.9 Å². The topological polar surface area (TPSA) is 24.4 Å². The van der Waals surface area contributed by atoms with Crippen LogP contribution in [0, 0.1) is 5.92 Å². The van der Waals surface area contributed by atoms with E-state index in [4.69, 9.17) is 11.6 Å². The lowest BCUT2D eigenvalue weighted by Gasteiger charge is -2.11. The highest BCUT2D eigenvalue weighted by molar-refractivity contribution is 8.14. The molecule has 0 spiro atoms. The molecule has 0 aliphatic carbocycles. The van der Waals surface area contributed by atoms with Crippen LogP contribution in [0.3, 0.4) is 0 Å². The molecule has 1 atom stereocenters. The number of alkyl halides is 3. The zero-order valence-electron chi connectivity index (χ0n) is 11.0. The van der Waals surface area contributed by atoms with E-state index in [0.29, 0.717) is 16.8 Å². The van der Waals surface area contributed by atoms with Gasteiger partial charge < -0.3 is 5.32 Å². The van der Waals surface area contributed by atoms with Gasteiger partial charge in [0.15, 0.2) is 5.17 Å². The van der Waals surface area contributed by atoms with Crippen molar-refractivity contribution in [3.05, 3.63) is 28.8 Å². The first-order valence-corrected chi connectivity index (χ1v) is 7.47. The van der Waals surface area contributed by atoms with E-state index in [2.05, 4.69) is 24.2 Å². The molecule has 1 heterocycles. The van der Waals surface area contributed by atoms with Crippen LogP contribution in [0.2, 0.25) is 5.02 Å². The fourth-order valence-electron chi connectivity index (χ4n) is 1.75. The molecule has 7 heteroatoms. The van der Waals surface area contributed by atoms with E-state index in [1.807, 2.05) is 0 Å². The Morgan fingerprint density at radius 2 is 2.05 bits per heavy atom. The quantitative estimate of drug-likeness (QED) is 0.837. The molecule has 0 amide bonds. The second-order valence-corrected chi connectivity index (χ2v) is 6.35. The van der Waals surface area contributed by atoms with Crippen molar-refractivity contribution in [2.75, 3.05) is 11.1 Å². The minimum absolute atomic E-state index is 0.0475. The van der Waals surface area contributed by atoms with Crippen molar-refractivity contribution in [3.8, 4) is 0 Å². The molecular formula is C13H14ClF3N2S. The molecule has 1 aliphatic rings. The van der Waals surface area contributed by atoms with Gasteiger partial charge in [0.2, 0.25) is 0 Å². The molecule has 2 nitrogen and oxygen atoms in total. The van der Waals surface area contributed by atoms with Gasteiger partial charge in [0, 0.05) is 16.5 Å². The van der Waals surface area contributed by atoms with Gasteiger partial charge in [-0.05, 0) is 24.1 Å². The standard InChI is InChI=1S/C13H14ClF3N2S/c1-7(2)11-6-20-12(19-11)18-10-4-8(13(15,16)17)3-9(14)5-10/h3-5,7,11H,6H2,1-2H3,(H,18,19). The van der Waals surface area contributed by atoms with Crippen molar-refractivity contribution in [3.63, 3.8) is 0 Å². The third-order valence-electron chi connectivity index (χ3n) is 2.92. The zero-order valence-corrected chi connectivity index (χ0v) is 12.5. The lowest BCUT2D eigenvalue weighted by Crippen LogP contribution is -2.12. The van der Waals surface area contributed by atoms with Gasteiger partial charge in [-0.15, -0.1) is 0 Å². The van der Waals surface area contributed by atoms with Crippen LogP contribution in [-0.2, 0) is 6.18 Å². The zero-order chi connectivity index (χ0) is 14.9. The smallest absolute Gasteiger partial charge is 0.335 e. The Balaban J connectivity index is 2.18. The summed E-state index contributed by atoms with van der Waals surface area (Å²) in [5.74, 6) is 1.25. The van der Waals surface area contributed by atoms with Crippen LogP contribution in [0.1, 0.15) is 19.4 Å². The van der Waals surface area contributed by atoms with Crippen LogP contribution in [0.25, 0.3) is 0 Å². The van der Waals surface area contributed by atoms with Gasteiger partial charge in [-0.1, -0.05) is 37.2 Å². The van der Waals surface area contributed by atoms with Crippen LogP contribution < -0.4 is 5.32 Å². The number of aliphatic imine (C=N–C) groups is 1. The molecule has 1 aromatic rings. The molecule has 0 radical (unpaired) electrons. The summed E-state index contributed by atoms with van der Waals surface area (Å²) < 4.78 is 38.1. The van der Waals surface area contributed by atoms with Crippen molar-refractivity contribution >= 4 is 34.2 Å². The number of hydrogen-bond donors (Lipinski definition) is 1. The van der Waals surface area contributed by atoms with E-state index < -0.39 is 11.7 Å². The van der Waals surface area contributed by atoms with Crippen molar-refractivity contribution < 1.29 is 13.2 Å². The summed E-state index contributed by atoms with van der Waals surface area (Å²) in [4.78, 5) is 4.45. The normalized spacial score (nSPS) is 19.4. The number of amidine groups is 1. The van der Waals surface area contributed by atoms with Gasteiger partial charge in [0.1, 0.15) is 0 Å². The van der Waals surface area contributed by atoms with Crippen LogP contribution >= 0.6 is 23.4 Å². The SMILES string of the molecule is CC(C)C1CSC(Nc2cc(Cl)cc(C(F)(F)F)c2)=N1. The van der Waals surface area contributed by atoms with Gasteiger partial charge in [0.25, 0.3) is 0 Å². The number of benzene rings is 1. The Kier molecular flexibility index (Phi) is 4.54. The Hall–Kier alpha value is -0.880. The maximum absolute atomic E-state index is 12.7. The summed E-state index contributed by atoms with van der Waals surface area (Å²) in [6.45, 7) is 4.14. The monoisotopic (exact) mass is 322 g/mol. The van der Waals surface area contributed by atoms with Crippen molar-refractivity contribution in [1.82, 2.24) is 0 Å². The van der Waals surface area contributed by atoms with Gasteiger partial charge in [-0.2, -0.15) is 13.2 Å². The molecule has 0 saturated carbocycles. The molecule has 0 aromatic heterocycles. The highest BCUT2D eigenvalue weighted by atomic mass is 35.5. The van der Waals surface area contributed by atoms with E-state index in [9.17, 15) is 13.2 Å². The van der Waals surface area contributed by atoms with Crippen molar-refractivity contribution in [1.29, 1.82) is 0 Å². The molecule has 20 heavy (non-hydrogen) atoms. The third kappa shape index (κ3) is 3.82. The van der Waals surface area contributed by atoms with Crippen molar-refractivity contribution in [2.45, 2.75) is 26.1 Å². The van der Waals surface area contributed by atoms with E-state index in [1.54, 1.807) is 0 Å². The Bertz CT molecular complexity index is 529. The van der Waals surface area contributed by atoms with Crippen molar-refractivity contribution in [2.24, 2.45) is 10.9 Å². The second-order valence-electron chi connectivity index (χ2n) is 4.91. The van der Waals surface area contributed by atoms with E-state index >= 15 is 0 Å². The van der Waals surface area contributed by atoms with Gasteiger partial charge in [0.05, 0.1) is 11.6 Å². The molecule has 110 valence electrons. The first kappa shape index (κ1) is 15.5. The Morgan fingerprint density at radius 3 is 2.60 bits per heavy atom. The Morgan fingerprint density at radius 1 is 1.35 bits per heavy atom. The average Bonchev–Trinajstić information content (AvgIpc) is 2.75. The minimum Gasteiger partial charge on any atom is -0.335 e. The number of nitrogens with one attached hydrogen (secondary N) is 1. The summed E-state index contributed by atoms with van der Waals surface area (Å²) in [6, 6.07) is 3.61. The molecule has 0 fully saturated rings. The highest BCUT2D eigenvalue weighted by Crippen LogP contribution is 2.34. The summed E-state index contributed by atoms with van der Waals surface area (Å²) in [7, 11) is 0. The fourth-order valence-corrected chi connectivity index (χ4v) is 3.17. The average molecular weight is 323 g/mol. The molecule has 1 aliphatic heterocycles. The van der Waals surface area contributed by atoms with Crippen LogP contribution in [-0.4, -0.2) is 17.0 Å². The maximum Gasteiger partial charge on any atom is 0.416 e. The van der Waals surface area contributed by atoms with Gasteiger partial charge >= 0.3 is 6.18 Å².